The van der Waals surface area contributed by atoms with Crippen LogP contribution in [-0.4, -0.2) is 26.4 Å². The molecule has 1 unspecified atom stereocenters. The Hall–Kier alpha value is -0.420. The molecule has 1 N–H and O–H groups in total. The Morgan fingerprint density at radius 1 is 1.53 bits per heavy atom. The van der Waals surface area contributed by atoms with Gasteiger partial charge in [-0.05, 0) is 30.7 Å². The summed E-state index contributed by atoms with van der Waals surface area (Å²) in [5, 5.41) is 3.14. The maximum absolute atomic E-state index is 5.80. The number of benzene rings is 1. The zero-order chi connectivity index (χ0) is 12.1. The summed E-state index contributed by atoms with van der Waals surface area (Å²) >= 11 is 3.59. The molecular weight excluding hydrogens is 282 g/mol. The van der Waals surface area contributed by atoms with Crippen molar-refractivity contribution in [1.82, 2.24) is 5.32 Å². The van der Waals surface area contributed by atoms with Gasteiger partial charge in [-0.25, -0.2) is 0 Å². The minimum atomic E-state index is 0.263. The van der Waals surface area contributed by atoms with Gasteiger partial charge in [0.15, 0.2) is 0 Å². The molecule has 0 aromatic heterocycles. The smallest absolute Gasteiger partial charge is 0.0835 e. The Bertz CT molecular complexity index is 364. The van der Waals surface area contributed by atoms with Gasteiger partial charge < -0.3 is 14.8 Å². The van der Waals surface area contributed by atoms with Gasteiger partial charge in [0.05, 0.1) is 19.3 Å². The van der Waals surface area contributed by atoms with Crippen LogP contribution in [0.4, 0.5) is 0 Å². The minimum absolute atomic E-state index is 0.263. The molecule has 2 rings (SSSR count). The zero-order valence-electron chi connectivity index (χ0n) is 10.0. The van der Waals surface area contributed by atoms with Gasteiger partial charge in [-0.1, -0.05) is 28.1 Å². The molecule has 0 saturated carbocycles. The quantitative estimate of drug-likeness (QED) is 0.906. The Balaban J connectivity index is 1.91. The number of hydrogen-bond acceptors (Lipinski definition) is 3. The Morgan fingerprint density at radius 3 is 3.06 bits per heavy atom. The predicted octanol–water partition coefficient (Wildman–Crippen LogP) is 2.47. The first-order valence-corrected chi connectivity index (χ1v) is 6.70. The third kappa shape index (κ3) is 3.78. The Morgan fingerprint density at radius 2 is 2.41 bits per heavy atom. The summed E-state index contributed by atoms with van der Waals surface area (Å²) in [5.41, 5.74) is 2.46. The molecule has 4 heteroatoms. The van der Waals surface area contributed by atoms with Crippen molar-refractivity contribution in [3.05, 3.63) is 33.8 Å². The maximum atomic E-state index is 5.80. The average molecular weight is 300 g/mol. The van der Waals surface area contributed by atoms with E-state index < -0.39 is 0 Å². The van der Waals surface area contributed by atoms with Gasteiger partial charge in [-0.3, -0.25) is 0 Å². The number of nitrogens with one attached hydrogen (secondary N) is 1. The lowest BCUT2D eigenvalue weighted by Gasteiger charge is -2.12. The van der Waals surface area contributed by atoms with Gasteiger partial charge in [0, 0.05) is 17.6 Å². The number of ether oxygens (including phenoxy) is 2. The van der Waals surface area contributed by atoms with Gasteiger partial charge in [0.25, 0.3) is 0 Å². The number of halogens is 1. The highest BCUT2D eigenvalue weighted by Gasteiger charge is 2.16. The fraction of sp³-hybridized carbons (Fsp3) is 0.538. The zero-order valence-corrected chi connectivity index (χ0v) is 11.6. The fourth-order valence-electron chi connectivity index (χ4n) is 1.87. The van der Waals surface area contributed by atoms with Crippen LogP contribution in [0.15, 0.2) is 22.7 Å². The molecule has 17 heavy (non-hydrogen) atoms. The van der Waals surface area contributed by atoms with Crippen LogP contribution in [0.3, 0.4) is 0 Å². The second-order valence-corrected chi connectivity index (χ2v) is 5.11. The first kappa shape index (κ1) is 13.0. The molecule has 1 aliphatic heterocycles. The van der Waals surface area contributed by atoms with E-state index in [4.69, 9.17) is 9.47 Å². The van der Waals surface area contributed by atoms with Crippen LogP contribution in [0.25, 0.3) is 0 Å². The molecule has 94 valence electrons. The summed E-state index contributed by atoms with van der Waals surface area (Å²) in [6.45, 7) is 3.09. The minimum Gasteiger partial charge on any atom is -0.379 e. The SMILES string of the molecule is CNCc1ccc(COC2CCOC2)c(Br)c1. The van der Waals surface area contributed by atoms with Gasteiger partial charge in [-0.2, -0.15) is 0 Å². The largest absolute Gasteiger partial charge is 0.379 e. The van der Waals surface area contributed by atoms with E-state index in [0.29, 0.717) is 6.61 Å². The lowest BCUT2D eigenvalue weighted by atomic mass is 10.1. The van der Waals surface area contributed by atoms with E-state index in [1.54, 1.807) is 0 Å². The van der Waals surface area contributed by atoms with Crippen LogP contribution in [0.1, 0.15) is 17.5 Å². The average Bonchev–Trinajstić information content (AvgIpc) is 2.81. The van der Waals surface area contributed by atoms with Gasteiger partial charge in [-0.15, -0.1) is 0 Å². The van der Waals surface area contributed by atoms with Crippen molar-refractivity contribution >= 4 is 15.9 Å². The molecular formula is C13H18BrNO2. The molecule has 3 nitrogen and oxygen atoms in total. The summed E-state index contributed by atoms with van der Waals surface area (Å²) in [5.74, 6) is 0. The highest BCUT2D eigenvalue weighted by molar-refractivity contribution is 9.10. The topological polar surface area (TPSA) is 30.5 Å². The van der Waals surface area contributed by atoms with Crippen LogP contribution in [0.5, 0.6) is 0 Å². The molecule has 1 aromatic rings. The summed E-state index contributed by atoms with van der Waals surface area (Å²) in [6, 6.07) is 6.39. The maximum Gasteiger partial charge on any atom is 0.0835 e. The van der Waals surface area contributed by atoms with E-state index >= 15 is 0 Å². The van der Waals surface area contributed by atoms with E-state index in [2.05, 4.69) is 39.4 Å². The summed E-state index contributed by atoms with van der Waals surface area (Å²) in [7, 11) is 1.95. The molecule has 1 saturated heterocycles. The third-order valence-electron chi connectivity index (χ3n) is 2.86. The fourth-order valence-corrected chi connectivity index (χ4v) is 2.41. The number of hydrogen-bond donors (Lipinski definition) is 1. The van der Waals surface area contributed by atoms with Gasteiger partial charge in [0.2, 0.25) is 0 Å². The van der Waals surface area contributed by atoms with Gasteiger partial charge in [0.1, 0.15) is 0 Å². The second kappa shape index (κ2) is 6.50. The molecule has 1 heterocycles. The van der Waals surface area contributed by atoms with Crippen molar-refractivity contribution in [1.29, 1.82) is 0 Å². The molecule has 1 fully saturated rings. The third-order valence-corrected chi connectivity index (χ3v) is 3.60. The molecule has 0 aliphatic carbocycles. The monoisotopic (exact) mass is 299 g/mol. The molecule has 1 atom stereocenters. The van der Waals surface area contributed by atoms with Crippen molar-refractivity contribution < 1.29 is 9.47 Å². The first-order valence-electron chi connectivity index (χ1n) is 5.91. The van der Waals surface area contributed by atoms with Crippen LogP contribution >= 0.6 is 15.9 Å². The summed E-state index contributed by atoms with van der Waals surface area (Å²) in [4.78, 5) is 0. The van der Waals surface area contributed by atoms with E-state index in [0.717, 1.165) is 30.7 Å². The van der Waals surface area contributed by atoms with Gasteiger partial charge >= 0.3 is 0 Å². The van der Waals surface area contributed by atoms with Crippen molar-refractivity contribution in [2.24, 2.45) is 0 Å². The lowest BCUT2D eigenvalue weighted by molar-refractivity contribution is 0.0315. The highest BCUT2D eigenvalue weighted by atomic mass is 79.9. The van der Waals surface area contributed by atoms with Crippen LogP contribution < -0.4 is 5.32 Å². The summed E-state index contributed by atoms with van der Waals surface area (Å²) in [6.07, 6.45) is 1.27. The normalized spacial score (nSPS) is 19.8. The molecule has 1 aliphatic rings. The van der Waals surface area contributed by atoms with E-state index in [-0.39, 0.29) is 6.10 Å². The standard InChI is InChI=1S/C13H18BrNO2/c1-15-7-10-2-3-11(13(14)6-10)8-17-12-4-5-16-9-12/h2-3,6,12,15H,4-5,7-9H2,1H3. The highest BCUT2D eigenvalue weighted by Crippen LogP contribution is 2.21. The first-order chi connectivity index (χ1) is 8.29. The van der Waals surface area contributed by atoms with Crippen molar-refractivity contribution in [3.8, 4) is 0 Å². The predicted molar refractivity (Wildman–Crippen MR) is 70.9 cm³/mol. The Kier molecular flexibility index (Phi) is 4.98. The van der Waals surface area contributed by atoms with Crippen molar-refractivity contribution in [2.45, 2.75) is 25.7 Å². The van der Waals surface area contributed by atoms with Crippen LogP contribution in [0, 0.1) is 0 Å². The molecule has 0 spiro atoms. The molecule has 1 aromatic carbocycles. The number of rotatable bonds is 5. The van der Waals surface area contributed by atoms with E-state index in [9.17, 15) is 0 Å². The Labute approximate surface area is 111 Å². The summed E-state index contributed by atoms with van der Waals surface area (Å²) < 4.78 is 12.2. The lowest BCUT2D eigenvalue weighted by Crippen LogP contribution is -2.12. The van der Waals surface area contributed by atoms with Crippen LogP contribution in [-0.2, 0) is 22.6 Å². The van der Waals surface area contributed by atoms with Crippen molar-refractivity contribution in [2.75, 3.05) is 20.3 Å². The van der Waals surface area contributed by atoms with Crippen LogP contribution in [0.2, 0.25) is 0 Å². The van der Waals surface area contributed by atoms with Crippen molar-refractivity contribution in [3.63, 3.8) is 0 Å². The van der Waals surface area contributed by atoms with E-state index in [1.807, 2.05) is 7.05 Å². The molecule has 0 bridgehead atoms. The molecule has 0 amide bonds. The molecule has 0 radical (unpaired) electrons. The second-order valence-electron chi connectivity index (χ2n) is 4.25. The van der Waals surface area contributed by atoms with E-state index in [1.165, 1.54) is 11.1 Å².